The Kier molecular flexibility index (Phi) is 6.29. The Morgan fingerprint density at radius 3 is 2.63 bits per heavy atom. The summed E-state index contributed by atoms with van der Waals surface area (Å²) >= 11 is 5.75. The van der Waals surface area contributed by atoms with E-state index in [0.717, 1.165) is 19.3 Å². The zero-order chi connectivity index (χ0) is 14.5. The molecule has 0 fully saturated rings. The third-order valence-corrected chi connectivity index (χ3v) is 5.33. The highest BCUT2D eigenvalue weighted by atomic mass is 35.5. The Morgan fingerprint density at radius 1 is 1.42 bits per heavy atom. The number of rotatable bonds is 8. The number of unbranched alkanes of at least 4 members (excludes halogenated alkanes) is 2. The molecule has 5 nitrogen and oxygen atoms in total. The molecule has 0 aliphatic rings. The molecule has 0 radical (unpaired) electrons. The lowest BCUT2D eigenvalue weighted by atomic mass is 10.2. The number of sulfonamides is 1. The van der Waals surface area contributed by atoms with Gasteiger partial charge in [0.1, 0.15) is 0 Å². The van der Waals surface area contributed by atoms with E-state index in [-0.39, 0.29) is 16.9 Å². The fraction of sp³-hybridized carbons (Fsp3) is 0.750. The summed E-state index contributed by atoms with van der Waals surface area (Å²) in [6.07, 6.45) is 4.40. The van der Waals surface area contributed by atoms with Gasteiger partial charge in [-0.2, -0.15) is 9.40 Å². The van der Waals surface area contributed by atoms with Crippen molar-refractivity contribution in [2.24, 2.45) is 0 Å². The molecule has 0 bridgehead atoms. The second kappa shape index (κ2) is 7.26. The standard InChI is InChI=1S/C12H22ClN3O2S/c1-4-5-6-7-16(10(2)3)19(17,18)12-11(8-13)9-14-15-12/h9-10H,4-8H2,1-3H3,(H,14,15). The Hall–Kier alpha value is -0.590. The van der Waals surface area contributed by atoms with Crippen molar-refractivity contribution in [1.82, 2.24) is 14.5 Å². The normalized spacial score (nSPS) is 12.5. The molecule has 0 aliphatic carbocycles. The topological polar surface area (TPSA) is 66.1 Å². The van der Waals surface area contributed by atoms with Crippen LogP contribution in [0.2, 0.25) is 0 Å². The fourth-order valence-corrected chi connectivity index (χ4v) is 3.97. The molecule has 1 N–H and O–H groups in total. The van der Waals surface area contributed by atoms with Crippen molar-refractivity contribution in [3.63, 3.8) is 0 Å². The molecule has 7 heteroatoms. The molecule has 1 aromatic heterocycles. The van der Waals surface area contributed by atoms with Crippen molar-refractivity contribution >= 4 is 21.6 Å². The zero-order valence-electron chi connectivity index (χ0n) is 11.7. The Bertz CT molecular complexity index is 485. The third-order valence-electron chi connectivity index (χ3n) is 2.95. The van der Waals surface area contributed by atoms with E-state index in [0.29, 0.717) is 12.1 Å². The second-order valence-electron chi connectivity index (χ2n) is 4.77. The van der Waals surface area contributed by atoms with Gasteiger partial charge in [0.2, 0.25) is 0 Å². The van der Waals surface area contributed by atoms with Crippen molar-refractivity contribution in [2.75, 3.05) is 6.54 Å². The lowest BCUT2D eigenvalue weighted by Crippen LogP contribution is -2.38. The summed E-state index contributed by atoms with van der Waals surface area (Å²) in [5.41, 5.74) is 0.516. The van der Waals surface area contributed by atoms with Crippen molar-refractivity contribution in [2.45, 2.75) is 57.0 Å². The van der Waals surface area contributed by atoms with Crippen LogP contribution in [-0.2, 0) is 15.9 Å². The quantitative estimate of drug-likeness (QED) is 0.593. The number of hydrogen-bond acceptors (Lipinski definition) is 3. The van der Waals surface area contributed by atoms with E-state index in [2.05, 4.69) is 17.1 Å². The Morgan fingerprint density at radius 2 is 2.11 bits per heavy atom. The van der Waals surface area contributed by atoms with Gasteiger partial charge in [0.25, 0.3) is 10.0 Å². The summed E-state index contributed by atoms with van der Waals surface area (Å²) in [6, 6.07) is -0.0895. The molecule has 0 saturated carbocycles. The number of nitrogens with zero attached hydrogens (tertiary/aromatic N) is 2. The van der Waals surface area contributed by atoms with Crippen LogP contribution in [0.15, 0.2) is 11.2 Å². The predicted octanol–water partition coefficient (Wildman–Crippen LogP) is 2.74. The summed E-state index contributed by atoms with van der Waals surface area (Å²) in [7, 11) is -3.55. The molecule has 0 saturated heterocycles. The summed E-state index contributed by atoms with van der Waals surface area (Å²) in [5.74, 6) is 0.131. The van der Waals surface area contributed by atoms with Crippen molar-refractivity contribution in [3.8, 4) is 0 Å². The molecule has 1 aromatic rings. The zero-order valence-corrected chi connectivity index (χ0v) is 13.3. The van der Waals surface area contributed by atoms with Crippen LogP contribution in [0, 0.1) is 0 Å². The lowest BCUT2D eigenvalue weighted by molar-refractivity contribution is 0.344. The number of H-pyrrole nitrogens is 1. The molecular formula is C12H22ClN3O2S. The summed E-state index contributed by atoms with van der Waals surface area (Å²) in [5, 5.41) is 6.46. The fourth-order valence-electron chi connectivity index (χ4n) is 1.91. The lowest BCUT2D eigenvalue weighted by Gasteiger charge is -2.25. The van der Waals surface area contributed by atoms with Gasteiger partial charge in [-0.25, -0.2) is 8.42 Å². The van der Waals surface area contributed by atoms with Gasteiger partial charge in [-0.05, 0) is 20.3 Å². The molecule has 0 unspecified atom stereocenters. The summed E-state index contributed by atoms with van der Waals surface area (Å²) < 4.78 is 26.7. The predicted molar refractivity (Wildman–Crippen MR) is 76.7 cm³/mol. The molecule has 0 atom stereocenters. The van der Waals surface area contributed by atoms with Gasteiger partial charge in [-0.1, -0.05) is 19.8 Å². The highest BCUT2D eigenvalue weighted by molar-refractivity contribution is 7.89. The first-order valence-electron chi connectivity index (χ1n) is 6.55. The maximum atomic E-state index is 12.6. The van der Waals surface area contributed by atoms with E-state index in [1.807, 2.05) is 13.8 Å². The number of aromatic nitrogens is 2. The number of nitrogens with one attached hydrogen (secondary N) is 1. The van der Waals surface area contributed by atoms with Crippen LogP contribution in [-0.4, -0.2) is 35.5 Å². The summed E-state index contributed by atoms with van der Waals surface area (Å²) in [4.78, 5) is 0. The Balaban J connectivity index is 3.00. The van der Waals surface area contributed by atoms with Gasteiger partial charge in [-0.15, -0.1) is 11.6 Å². The summed E-state index contributed by atoms with van der Waals surface area (Å²) in [6.45, 7) is 6.36. The van der Waals surface area contributed by atoms with Crippen molar-refractivity contribution < 1.29 is 8.42 Å². The molecule has 0 spiro atoms. The van der Waals surface area contributed by atoms with E-state index < -0.39 is 10.0 Å². The first-order chi connectivity index (χ1) is 8.95. The second-order valence-corrected chi connectivity index (χ2v) is 6.87. The van der Waals surface area contributed by atoms with Crippen LogP contribution in [0.25, 0.3) is 0 Å². The van der Waals surface area contributed by atoms with Crippen LogP contribution in [0.5, 0.6) is 0 Å². The Labute approximate surface area is 120 Å². The van der Waals surface area contributed by atoms with E-state index in [1.165, 1.54) is 10.5 Å². The highest BCUT2D eigenvalue weighted by Gasteiger charge is 2.30. The first-order valence-corrected chi connectivity index (χ1v) is 8.52. The van der Waals surface area contributed by atoms with Gasteiger partial charge >= 0.3 is 0 Å². The van der Waals surface area contributed by atoms with Crippen LogP contribution < -0.4 is 0 Å². The first kappa shape index (κ1) is 16.5. The molecule has 0 aliphatic heterocycles. The molecule has 110 valence electrons. The van der Waals surface area contributed by atoms with Crippen LogP contribution in [0.1, 0.15) is 45.6 Å². The third kappa shape index (κ3) is 3.94. The molecule has 19 heavy (non-hydrogen) atoms. The van der Waals surface area contributed by atoms with Gasteiger partial charge in [0, 0.05) is 18.2 Å². The minimum atomic E-state index is -3.55. The number of hydrogen-bond donors (Lipinski definition) is 1. The average molecular weight is 308 g/mol. The average Bonchev–Trinajstić information content (AvgIpc) is 2.82. The minimum Gasteiger partial charge on any atom is -0.266 e. The maximum absolute atomic E-state index is 12.6. The minimum absolute atomic E-state index is 0.0895. The van der Waals surface area contributed by atoms with Gasteiger partial charge in [-0.3, -0.25) is 5.10 Å². The van der Waals surface area contributed by atoms with Gasteiger partial charge in [0.05, 0.1) is 12.1 Å². The number of halogens is 1. The molecule has 0 aromatic carbocycles. The van der Waals surface area contributed by atoms with E-state index >= 15 is 0 Å². The number of aromatic amines is 1. The van der Waals surface area contributed by atoms with Crippen LogP contribution in [0.4, 0.5) is 0 Å². The van der Waals surface area contributed by atoms with E-state index in [4.69, 9.17) is 11.6 Å². The van der Waals surface area contributed by atoms with Gasteiger partial charge in [0.15, 0.2) is 5.03 Å². The van der Waals surface area contributed by atoms with Crippen molar-refractivity contribution in [1.29, 1.82) is 0 Å². The van der Waals surface area contributed by atoms with E-state index in [1.54, 1.807) is 0 Å². The number of alkyl halides is 1. The molecular weight excluding hydrogens is 286 g/mol. The monoisotopic (exact) mass is 307 g/mol. The largest absolute Gasteiger partial charge is 0.266 e. The maximum Gasteiger partial charge on any atom is 0.260 e. The van der Waals surface area contributed by atoms with E-state index in [9.17, 15) is 8.42 Å². The van der Waals surface area contributed by atoms with Crippen molar-refractivity contribution in [3.05, 3.63) is 11.8 Å². The molecule has 0 amide bonds. The molecule has 1 heterocycles. The van der Waals surface area contributed by atoms with Crippen LogP contribution in [0.3, 0.4) is 0 Å². The smallest absolute Gasteiger partial charge is 0.260 e. The van der Waals surface area contributed by atoms with Crippen LogP contribution >= 0.6 is 11.6 Å². The highest BCUT2D eigenvalue weighted by Crippen LogP contribution is 2.21. The SMILES string of the molecule is CCCCCN(C(C)C)S(=O)(=O)c1[nH]ncc1CCl. The van der Waals surface area contributed by atoms with Gasteiger partial charge < -0.3 is 0 Å². The molecule has 1 rings (SSSR count).